The number of ketones is 1. The second-order valence-corrected chi connectivity index (χ2v) is 2.96. The first kappa shape index (κ1) is 6.10. The van der Waals surface area contributed by atoms with Crippen molar-refractivity contribution in [1.82, 2.24) is 0 Å². The highest BCUT2D eigenvalue weighted by molar-refractivity contribution is 6.01. The van der Waals surface area contributed by atoms with Crippen LogP contribution in [-0.4, -0.2) is 18.5 Å². The number of methoxy groups -OCH3 is 1. The summed E-state index contributed by atoms with van der Waals surface area (Å²) < 4.78 is 5.20. The molecule has 0 saturated heterocycles. The molecule has 2 nitrogen and oxygen atoms in total. The van der Waals surface area contributed by atoms with Crippen molar-refractivity contribution in [3.05, 3.63) is 12.2 Å². The van der Waals surface area contributed by atoms with Gasteiger partial charge in [0.1, 0.15) is 5.60 Å². The highest BCUT2D eigenvalue weighted by Gasteiger charge is 2.53. The monoisotopic (exact) mass is 138 g/mol. The van der Waals surface area contributed by atoms with Crippen LogP contribution in [0.1, 0.15) is 12.8 Å². The number of ether oxygens (including phenoxy) is 1. The van der Waals surface area contributed by atoms with Crippen molar-refractivity contribution in [2.45, 2.75) is 18.4 Å². The number of carbonyl (C=O) groups excluding carboxylic acids is 1. The molecule has 54 valence electrons. The van der Waals surface area contributed by atoms with Crippen molar-refractivity contribution in [2.75, 3.05) is 7.11 Å². The molecule has 0 aromatic rings. The highest BCUT2D eigenvalue weighted by Crippen LogP contribution is 2.46. The summed E-state index contributed by atoms with van der Waals surface area (Å²) in [6, 6.07) is 0. The Morgan fingerprint density at radius 1 is 1.80 bits per heavy atom. The molecule has 0 unspecified atom stereocenters. The Balaban J connectivity index is 2.30. The molecule has 2 heteroatoms. The molecular formula is C8H10O2. The molecule has 2 rings (SSSR count). The van der Waals surface area contributed by atoms with Gasteiger partial charge in [0.15, 0.2) is 5.78 Å². The van der Waals surface area contributed by atoms with E-state index in [4.69, 9.17) is 4.74 Å². The minimum atomic E-state index is -0.417. The van der Waals surface area contributed by atoms with Crippen LogP contribution < -0.4 is 0 Å². The second-order valence-electron chi connectivity index (χ2n) is 2.96. The van der Waals surface area contributed by atoms with E-state index >= 15 is 0 Å². The van der Waals surface area contributed by atoms with E-state index < -0.39 is 5.60 Å². The molecule has 0 amide bonds. The molecule has 0 heterocycles. The minimum Gasteiger partial charge on any atom is -0.369 e. The number of fused-ring (bicyclic) bond motifs is 1. The lowest BCUT2D eigenvalue weighted by atomic mass is 9.71. The van der Waals surface area contributed by atoms with Gasteiger partial charge in [-0.2, -0.15) is 0 Å². The smallest absolute Gasteiger partial charge is 0.187 e. The van der Waals surface area contributed by atoms with Gasteiger partial charge < -0.3 is 4.74 Å². The molecule has 0 spiro atoms. The maximum atomic E-state index is 11.2. The van der Waals surface area contributed by atoms with Crippen molar-refractivity contribution in [2.24, 2.45) is 5.92 Å². The Morgan fingerprint density at radius 2 is 2.60 bits per heavy atom. The Hall–Kier alpha value is -0.630. The molecule has 10 heavy (non-hydrogen) atoms. The zero-order valence-corrected chi connectivity index (χ0v) is 5.96. The van der Waals surface area contributed by atoms with Gasteiger partial charge >= 0.3 is 0 Å². The quantitative estimate of drug-likeness (QED) is 0.538. The van der Waals surface area contributed by atoms with Crippen molar-refractivity contribution in [3.8, 4) is 0 Å². The molecule has 1 fully saturated rings. The van der Waals surface area contributed by atoms with Gasteiger partial charge in [-0.15, -0.1) is 0 Å². The molecule has 0 aromatic heterocycles. The molecule has 0 bridgehead atoms. The van der Waals surface area contributed by atoms with Crippen LogP contribution in [0.5, 0.6) is 0 Å². The summed E-state index contributed by atoms with van der Waals surface area (Å²) in [6.07, 6.45) is 5.63. The Labute approximate surface area is 59.9 Å². The fourth-order valence-electron chi connectivity index (χ4n) is 1.83. The summed E-state index contributed by atoms with van der Waals surface area (Å²) >= 11 is 0. The number of carbonyl (C=O) groups is 1. The third-order valence-corrected chi connectivity index (χ3v) is 2.69. The number of hydrogen-bond acceptors (Lipinski definition) is 2. The highest BCUT2D eigenvalue weighted by atomic mass is 16.5. The SMILES string of the molecule is CO[C@]12CC[C@H]1C=CC2=O. The van der Waals surface area contributed by atoms with E-state index in [0.29, 0.717) is 5.92 Å². The number of rotatable bonds is 1. The van der Waals surface area contributed by atoms with Crippen LogP contribution >= 0.6 is 0 Å². The predicted octanol–water partition coefficient (Wildman–Crippen LogP) is 0.920. The number of hydrogen-bond donors (Lipinski definition) is 0. The molecular weight excluding hydrogens is 128 g/mol. The van der Waals surface area contributed by atoms with Crippen LogP contribution in [0.15, 0.2) is 12.2 Å². The first-order valence-electron chi connectivity index (χ1n) is 3.57. The fraction of sp³-hybridized carbons (Fsp3) is 0.625. The van der Waals surface area contributed by atoms with Crippen LogP contribution in [0.3, 0.4) is 0 Å². The van der Waals surface area contributed by atoms with Crippen LogP contribution in [0.25, 0.3) is 0 Å². The van der Waals surface area contributed by atoms with Crippen molar-refractivity contribution >= 4 is 5.78 Å². The maximum Gasteiger partial charge on any atom is 0.187 e. The van der Waals surface area contributed by atoms with Crippen LogP contribution in [0.4, 0.5) is 0 Å². The Morgan fingerprint density at radius 3 is 2.90 bits per heavy atom. The van der Waals surface area contributed by atoms with E-state index in [0.717, 1.165) is 12.8 Å². The molecule has 0 radical (unpaired) electrons. The fourth-order valence-corrected chi connectivity index (χ4v) is 1.83. The summed E-state index contributed by atoms with van der Waals surface area (Å²) in [5.74, 6) is 0.538. The average Bonchev–Trinajstić information content (AvgIpc) is 2.06. The van der Waals surface area contributed by atoms with Gasteiger partial charge in [0, 0.05) is 13.0 Å². The van der Waals surface area contributed by atoms with Crippen LogP contribution in [0, 0.1) is 5.92 Å². The van der Waals surface area contributed by atoms with Gasteiger partial charge in [-0.3, -0.25) is 4.79 Å². The molecule has 0 aromatic carbocycles. The van der Waals surface area contributed by atoms with Gasteiger partial charge in [0.05, 0.1) is 0 Å². The summed E-state index contributed by atoms with van der Waals surface area (Å²) in [7, 11) is 1.62. The third kappa shape index (κ3) is 0.465. The molecule has 2 aliphatic carbocycles. The maximum absolute atomic E-state index is 11.2. The first-order chi connectivity index (χ1) is 4.79. The largest absolute Gasteiger partial charge is 0.369 e. The summed E-state index contributed by atoms with van der Waals surface area (Å²) in [4.78, 5) is 11.2. The molecule has 2 atom stereocenters. The molecule has 0 aliphatic heterocycles. The second kappa shape index (κ2) is 1.70. The van der Waals surface area contributed by atoms with Gasteiger partial charge in [-0.25, -0.2) is 0 Å². The first-order valence-corrected chi connectivity index (χ1v) is 3.57. The summed E-state index contributed by atoms with van der Waals surface area (Å²) in [6.45, 7) is 0. The molecule has 2 aliphatic rings. The van der Waals surface area contributed by atoms with Crippen LogP contribution in [-0.2, 0) is 9.53 Å². The van der Waals surface area contributed by atoms with Crippen LogP contribution in [0.2, 0.25) is 0 Å². The van der Waals surface area contributed by atoms with E-state index in [1.807, 2.05) is 6.08 Å². The molecule has 0 N–H and O–H groups in total. The minimum absolute atomic E-state index is 0.159. The van der Waals surface area contributed by atoms with Crippen molar-refractivity contribution in [1.29, 1.82) is 0 Å². The summed E-state index contributed by atoms with van der Waals surface area (Å²) in [5, 5.41) is 0. The standard InChI is InChI=1S/C8H10O2/c1-10-8-5-4-6(8)2-3-7(8)9/h2-3,6H,4-5H2,1H3/t6-,8-/m1/s1. The van der Waals surface area contributed by atoms with E-state index in [2.05, 4.69) is 0 Å². The van der Waals surface area contributed by atoms with E-state index in [9.17, 15) is 4.79 Å². The predicted molar refractivity (Wildman–Crippen MR) is 36.6 cm³/mol. The lowest BCUT2D eigenvalue weighted by Gasteiger charge is -2.41. The third-order valence-electron chi connectivity index (χ3n) is 2.69. The topological polar surface area (TPSA) is 26.3 Å². The zero-order valence-electron chi connectivity index (χ0n) is 5.96. The zero-order chi connectivity index (χ0) is 7.19. The summed E-state index contributed by atoms with van der Waals surface area (Å²) in [5.41, 5.74) is -0.417. The van der Waals surface area contributed by atoms with E-state index in [-0.39, 0.29) is 5.78 Å². The Bertz CT molecular complexity index is 203. The molecule has 1 saturated carbocycles. The van der Waals surface area contributed by atoms with Gasteiger partial charge in [-0.1, -0.05) is 6.08 Å². The van der Waals surface area contributed by atoms with E-state index in [1.54, 1.807) is 13.2 Å². The van der Waals surface area contributed by atoms with Gasteiger partial charge in [-0.05, 0) is 18.9 Å². The van der Waals surface area contributed by atoms with Gasteiger partial charge in [0.25, 0.3) is 0 Å². The lowest BCUT2D eigenvalue weighted by Crippen LogP contribution is -2.50. The van der Waals surface area contributed by atoms with Crippen molar-refractivity contribution < 1.29 is 9.53 Å². The normalized spacial score (nSPS) is 43.3. The van der Waals surface area contributed by atoms with Gasteiger partial charge in [0.2, 0.25) is 0 Å². The van der Waals surface area contributed by atoms with Crippen molar-refractivity contribution in [3.63, 3.8) is 0 Å². The average molecular weight is 138 g/mol. The van der Waals surface area contributed by atoms with E-state index in [1.165, 1.54) is 0 Å². The Kier molecular flexibility index (Phi) is 1.04. The lowest BCUT2D eigenvalue weighted by molar-refractivity contribution is -0.151.